The Kier molecular flexibility index (Phi) is 1.75. The van der Waals surface area contributed by atoms with E-state index in [1.54, 1.807) is 0 Å². The molecule has 17 heavy (non-hydrogen) atoms. The van der Waals surface area contributed by atoms with Crippen LogP contribution in [0.25, 0.3) is 0 Å². The Morgan fingerprint density at radius 2 is 2.06 bits per heavy atom. The Bertz CT molecular complexity index is 382. The molecule has 0 aliphatic heterocycles. The maximum atomic E-state index is 11.2. The normalized spacial score (nSPS) is 52.3. The molecule has 0 saturated heterocycles. The van der Waals surface area contributed by atoms with E-state index in [1.165, 1.54) is 32.1 Å². The number of hydrogen-bond donors (Lipinski definition) is 2. The van der Waals surface area contributed by atoms with Gasteiger partial charge in [-0.3, -0.25) is 4.79 Å². The van der Waals surface area contributed by atoms with Gasteiger partial charge in [-0.1, -0.05) is 0 Å². The van der Waals surface area contributed by atoms with Gasteiger partial charge in [-0.25, -0.2) is 0 Å². The molecule has 4 rings (SSSR count). The fraction of sp³-hybridized carbons (Fsp3) is 0.929. The molecule has 0 amide bonds. The first-order chi connectivity index (χ1) is 8.14. The van der Waals surface area contributed by atoms with Crippen LogP contribution in [0, 0.1) is 34.5 Å². The fourth-order valence-electron chi connectivity index (χ4n) is 6.21. The zero-order valence-electron chi connectivity index (χ0n) is 10.2. The van der Waals surface area contributed by atoms with E-state index in [9.17, 15) is 9.90 Å². The lowest BCUT2D eigenvalue weighted by molar-refractivity contribution is -0.165. The molecule has 3 heteroatoms. The van der Waals surface area contributed by atoms with Gasteiger partial charge in [0.1, 0.15) is 0 Å². The van der Waals surface area contributed by atoms with Crippen molar-refractivity contribution in [3.63, 3.8) is 0 Å². The van der Waals surface area contributed by atoms with Crippen LogP contribution in [0.5, 0.6) is 0 Å². The van der Waals surface area contributed by atoms with Gasteiger partial charge in [-0.05, 0) is 73.2 Å². The summed E-state index contributed by atoms with van der Waals surface area (Å²) in [5.41, 5.74) is 6.64. The number of nitrogens with two attached hydrogens (primary N) is 1. The van der Waals surface area contributed by atoms with E-state index in [4.69, 9.17) is 5.73 Å². The van der Waals surface area contributed by atoms with Crippen LogP contribution in [0.2, 0.25) is 0 Å². The molecule has 0 radical (unpaired) electrons. The highest BCUT2D eigenvalue weighted by molar-refractivity contribution is 5.68. The molecule has 0 aromatic heterocycles. The monoisotopic (exact) mass is 235 g/mol. The average Bonchev–Trinajstić information content (AvgIpc) is 3.02. The van der Waals surface area contributed by atoms with Gasteiger partial charge in [0, 0.05) is 0 Å². The minimum absolute atomic E-state index is 0.0304. The molecule has 3 N–H and O–H groups in total. The summed E-state index contributed by atoms with van der Waals surface area (Å²) in [6.07, 6.45) is 7.03. The second-order valence-electron chi connectivity index (χ2n) is 6.99. The van der Waals surface area contributed by atoms with Crippen molar-refractivity contribution in [2.24, 2.45) is 40.2 Å². The van der Waals surface area contributed by atoms with Crippen molar-refractivity contribution < 1.29 is 9.90 Å². The summed E-state index contributed by atoms with van der Waals surface area (Å²) in [4.78, 5) is 11.2. The number of hydrogen-bond acceptors (Lipinski definition) is 2. The molecule has 4 aliphatic carbocycles. The molecule has 4 aliphatic rings. The predicted octanol–water partition coefficient (Wildman–Crippen LogP) is 1.86. The molecule has 0 aromatic rings. The van der Waals surface area contributed by atoms with Crippen LogP contribution in [-0.2, 0) is 4.79 Å². The molecule has 2 bridgehead atoms. The minimum Gasteiger partial charge on any atom is -0.481 e. The topological polar surface area (TPSA) is 63.3 Å². The molecule has 0 heterocycles. The fourth-order valence-corrected chi connectivity index (χ4v) is 6.21. The summed E-state index contributed by atoms with van der Waals surface area (Å²) < 4.78 is 0. The van der Waals surface area contributed by atoms with Gasteiger partial charge in [0.2, 0.25) is 0 Å². The summed E-state index contributed by atoms with van der Waals surface area (Å²) >= 11 is 0. The summed E-state index contributed by atoms with van der Waals surface area (Å²) in [5, 5.41) is 9.18. The van der Waals surface area contributed by atoms with Crippen molar-refractivity contribution in [1.82, 2.24) is 0 Å². The highest BCUT2D eigenvalue weighted by Crippen LogP contribution is 2.82. The molecule has 4 fully saturated rings. The summed E-state index contributed by atoms with van der Waals surface area (Å²) in [6.45, 7) is 0.591. The lowest BCUT2D eigenvalue weighted by atomic mass is 9.43. The van der Waals surface area contributed by atoms with E-state index in [0.29, 0.717) is 30.2 Å². The highest BCUT2D eigenvalue weighted by Gasteiger charge is 2.77. The molecule has 3 nitrogen and oxygen atoms in total. The quantitative estimate of drug-likeness (QED) is 0.785. The van der Waals surface area contributed by atoms with Crippen LogP contribution in [0.4, 0.5) is 0 Å². The van der Waals surface area contributed by atoms with Gasteiger partial charge in [0.15, 0.2) is 0 Å². The number of carboxylic acids is 1. The van der Waals surface area contributed by atoms with E-state index < -0.39 is 5.97 Å². The van der Waals surface area contributed by atoms with Gasteiger partial charge < -0.3 is 10.8 Å². The van der Waals surface area contributed by atoms with Gasteiger partial charge in [0.25, 0.3) is 0 Å². The van der Waals surface area contributed by atoms with E-state index in [2.05, 4.69) is 0 Å². The number of carbonyl (C=O) groups is 1. The largest absolute Gasteiger partial charge is 0.481 e. The van der Waals surface area contributed by atoms with Crippen molar-refractivity contribution in [1.29, 1.82) is 0 Å². The Labute approximate surface area is 102 Å². The Hall–Kier alpha value is -0.570. The van der Waals surface area contributed by atoms with Crippen LogP contribution in [0.15, 0.2) is 0 Å². The zero-order chi connectivity index (χ0) is 11.8. The second-order valence-corrected chi connectivity index (χ2v) is 6.99. The van der Waals surface area contributed by atoms with Gasteiger partial charge in [-0.2, -0.15) is 0 Å². The molecule has 5 atom stereocenters. The maximum absolute atomic E-state index is 11.2. The molecular weight excluding hydrogens is 214 g/mol. The lowest BCUT2D eigenvalue weighted by Crippen LogP contribution is -2.61. The van der Waals surface area contributed by atoms with E-state index >= 15 is 0 Å². The van der Waals surface area contributed by atoms with Crippen molar-refractivity contribution in [2.45, 2.75) is 38.5 Å². The Morgan fingerprint density at radius 1 is 1.29 bits per heavy atom. The minimum atomic E-state index is -0.644. The SMILES string of the molecule is NC[C@@]1(CC(=O)O)C2CC[C@@H]3C[C@H]1[C@H]2C31CC1. The third-order valence-corrected chi connectivity index (χ3v) is 6.87. The zero-order valence-corrected chi connectivity index (χ0v) is 10.2. The van der Waals surface area contributed by atoms with Crippen molar-refractivity contribution in [3.8, 4) is 0 Å². The van der Waals surface area contributed by atoms with E-state index in [1.807, 2.05) is 0 Å². The molecule has 0 aromatic carbocycles. The Balaban J connectivity index is 1.70. The van der Waals surface area contributed by atoms with Crippen LogP contribution < -0.4 is 5.73 Å². The maximum Gasteiger partial charge on any atom is 0.303 e. The second kappa shape index (κ2) is 2.87. The van der Waals surface area contributed by atoms with Gasteiger partial charge >= 0.3 is 5.97 Å². The highest BCUT2D eigenvalue weighted by atomic mass is 16.4. The van der Waals surface area contributed by atoms with Crippen molar-refractivity contribution in [2.75, 3.05) is 6.54 Å². The summed E-state index contributed by atoms with van der Waals surface area (Å²) in [7, 11) is 0. The standard InChI is InChI=1S/C14H21NO2/c15-7-14(6-11(16)17)9-2-1-8-5-10(14)12(9)13(8)3-4-13/h8-10,12H,1-7,15H2,(H,16,17)/t8-,9?,10+,12+,14+/m1/s1. The molecule has 1 spiro atoms. The van der Waals surface area contributed by atoms with Crippen molar-refractivity contribution in [3.05, 3.63) is 0 Å². The molecule has 4 saturated carbocycles. The Morgan fingerprint density at radius 3 is 2.65 bits per heavy atom. The first-order valence-electron chi connectivity index (χ1n) is 7.06. The van der Waals surface area contributed by atoms with Crippen LogP contribution in [0.1, 0.15) is 38.5 Å². The first-order valence-corrected chi connectivity index (χ1v) is 7.06. The summed E-state index contributed by atoms with van der Waals surface area (Å²) in [5.74, 6) is 2.40. The smallest absolute Gasteiger partial charge is 0.303 e. The number of carboxylic acid groups (broad SMARTS) is 1. The number of aliphatic carboxylic acids is 1. The third kappa shape index (κ3) is 0.975. The molecule has 94 valence electrons. The number of rotatable bonds is 3. The lowest BCUT2D eigenvalue weighted by Gasteiger charge is -2.61. The van der Waals surface area contributed by atoms with Crippen molar-refractivity contribution >= 4 is 5.97 Å². The molecule has 1 unspecified atom stereocenters. The summed E-state index contributed by atoms with van der Waals surface area (Å²) in [6, 6.07) is 0. The predicted molar refractivity (Wildman–Crippen MR) is 63.2 cm³/mol. The van der Waals surface area contributed by atoms with Gasteiger partial charge in [0.05, 0.1) is 6.42 Å². The third-order valence-electron chi connectivity index (χ3n) is 6.87. The van der Waals surface area contributed by atoms with Crippen LogP contribution in [-0.4, -0.2) is 17.6 Å². The average molecular weight is 235 g/mol. The van der Waals surface area contributed by atoms with Crippen LogP contribution in [0.3, 0.4) is 0 Å². The van der Waals surface area contributed by atoms with Crippen LogP contribution >= 0.6 is 0 Å². The van der Waals surface area contributed by atoms with Gasteiger partial charge in [-0.15, -0.1) is 0 Å². The first kappa shape index (κ1) is 10.4. The van der Waals surface area contributed by atoms with E-state index in [0.717, 1.165) is 11.8 Å². The van der Waals surface area contributed by atoms with E-state index in [-0.39, 0.29) is 5.41 Å². The molecular formula is C14H21NO2.